The summed E-state index contributed by atoms with van der Waals surface area (Å²) in [6.07, 6.45) is 1.55. The summed E-state index contributed by atoms with van der Waals surface area (Å²) in [6, 6.07) is 8.02. The van der Waals surface area contributed by atoms with Crippen LogP contribution in [-0.2, 0) is 13.6 Å². The number of fused-ring (bicyclic) bond motifs is 3. The van der Waals surface area contributed by atoms with Gasteiger partial charge in [0.15, 0.2) is 11.2 Å². The van der Waals surface area contributed by atoms with Crippen LogP contribution in [0.3, 0.4) is 0 Å². The number of allylic oxidation sites excluding steroid dienone is 1. The fourth-order valence-corrected chi connectivity index (χ4v) is 3.64. The van der Waals surface area contributed by atoms with E-state index in [1.54, 1.807) is 13.1 Å². The van der Waals surface area contributed by atoms with E-state index in [-0.39, 0.29) is 12.1 Å². The third kappa shape index (κ3) is 2.17. The third-order valence-electron chi connectivity index (χ3n) is 5.19. The highest BCUT2D eigenvalue weighted by atomic mass is 16.2. The molecule has 0 aliphatic carbocycles. The average molecular weight is 363 g/mol. The van der Waals surface area contributed by atoms with E-state index < -0.39 is 5.69 Å². The second kappa shape index (κ2) is 5.84. The van der Waals surface area contributed by atoms with E-state index in [4.69, 9.17) is 0 Å². The maximum atomic E-state index is 13.1. The largest absolute Gasteiger partial charge is 0.332 e. The summed E-state index contributed by atoms with van der Waals surface area (Å²) in [5, 5.41) is 0. The van der Waals surface area contributed by atoms with Crippen LogP contribution in [-0.4, -0.2) is 23.1 Å². The lowest BCUT2D eigenvalue weighted by atomic mass is 10.2. The Labute approximate surface area is 155 Å². The quantitative estimate of drug-likeness (QED) is 0.525. The van der Waals surface area contributed by atoms with Gasteiger partial charge in [0.2, 0.25) is 5.78 Å². The topological polar surface area (TPSA) is 66.2 Å². The maximum absolute atomic E-state index is 13.1. The molecule has 0 saturated heterocycles. The second-order valence-corrected chi connectivity index (χ2v) is 6.76. The minimum atomic E-state index is -0.398. The normalized spacial score (nSPS) is 11.6. The summed E-state index contributed by atoms with van der Waals surface area (Å²) in [5.74, 6) is 0.623. The fraction of sp³-hybridized carbons (Fsp3) is 0.250. The first-order valence-electron chi connectivity index (χ1n) is 8.75. The predicted octanol–water partition coefficient (Wildman–Crippen LogP) is 2.25. The van der Waals surface area contributed by atoms with Gasteiger partial charge in [0.1, 0.15) is 0 Å². The number of aryl methyl sites for hydroxylation is 3. The standard InChI is InChI=1S/C20H21N5O2/c1-6-11-23-18(26)16-17(22(5)20(23)27)21-19-24(13(3)14(4)25(16)19)15-10-8-7-9-12(15)2/h6-10H,1,11H2,2-5H3. The Bertz CT molecular complexity index is 1350. The zero-order chi connectivity index (χ0) is 19.5. The lowest BCUT2D eigenvalue weighted by Crippen LogP contribution is -2.39. The molecule has 0 amide bonds. The van der Waals surface area contributed by atoms with E-state index in [1.165, 1.54) is 9.13 Å². The molecule has 0 saturated carbocycles. The van der Waals surface area contributed by atoms with Gasteiger partial charge in [-0.05, 0) is 32.4 Å². The Morgan fingerprint density at radius 2 is 1.81 bits per heavy atom. The molecule has 0 unspecified atom stereocenters. The smallest absolute Gasteiger partial charge is 0.282 e. The summed E-state index contributed by atoms with van der Waals surface area (Å²) in [5.41, 5.74) is 4.04. The van der Waals surface area contributed by atoms with Gasteiger partial charge >= 0.3 is 5.69 Å². The van der Waals surface area contributed by atoms with Crippen LogP contribution in [0.4, 0.5) is 0 Å². The molecule has 4 aromatic rings. The van der Waals surface area contributed by atoms with Crippen LogP contribution in [0.5, 0.6) is 0 Å². The van der Waals surface area contributed by atoms with Gasteiger partial charge < -0.3 is 0 Å². The molecule has 0 aliphatic heterocycles. The molecular formula is C20H21N5O2. The van der Waals surface area contributed by atoms with Gasteiger partial charge in [0.05, 0.1) is 5.69 Å². The van der Waals surface area contributed by atoms with E-state index in [9.17, 15) is 9.59 Å². The number of hydrogen-bond acceptors (Lipinski definition) is 3. The molecule has 4 rings (SSSR count). The minimum Gasteiger partial charge on any atom is -0.282 e. The summed E-state index contributed by atoms with van der Waals surface area (Å²) < 4.78 is 6.48. The molecule has 0 atom stereocenters. The average Bonchev–Trinajstić information content (AvgIpc) is 3.14. The Kier molecular flexibility index (Phi) is 3.69. The van der Waals surface area contributed by atoms with Gasteiger partial charge in [0, 0.05) is 25.0 Å². The molecule has 0 fully saturated rings. The molecule has 0 aliphatic rings. The summed E-state index contributed by atoms with van der Waals surface area (Å²) in [4.78, 5) is 30.3. The van der Waals surface area contributed by atoms with Crippen LogP contribution in [0.1, 0.15) is 17.0 Å². The van der Waals surface area contributed by atoms with Crippen LogP contribution in [0, 0.1) is 20.8 Å². The number of rotatable bonds is 3. The number of aromatic nitrogens is 5. The van der Waals surface area contributed by atoms with E-state index in [0.717, 1.165) is 22.6 Å². The molecule has 7 heteroatoms. The summed E-state index contributed by atoms with van der Waals surface area (Å²) in [6.45, 7) is 9.81. The third-order valence-corrected chi connectivity index (χ3v) is 5.19. The molecule has 0 bridgehead atoms. The lowest BCUT2D eigenvalue weighted by molar-refractivity contribution is 0.667. The highest BCUT2D eigenvalue weighted by Crippen LogP contribution is 2.26. The molecule has 3 aromatic heterocycles. The Morgan fingerprint density at radius 3 is 2.48 bits per heavy atom. The Balaban J connectivity index is 2.25. The molecule has 0 radical (unpaired) electrons. The number of hydrogen-bond donors (Lipinski definition) is 0. The molecule has 7 nitrogen and oxygen atoms in total. The minimum absolute atomic E-state index is 0.158. The Hall–Kier alpha value is -3.35. The summed E-state index contributed by atoms with van der Waals surface area (Å²) in [7, 11) is 1.64. The van der Waals surface area contributed by atoms with Crippen molar-refractivity contribution in [2.24, 2.45) is 7.05 Å². The first-order valence-corrected chi connectivity index (χ1v) is 8.75. The highest BCUT2D eigenvalue weighted by Gasteiger charge is 2.23. The van der Waals surface area contributed by atoms with Crippen molar-refractivity contribution in [3.8, 4) is 5.69 Å². The van der Waals surface area contributed by atoms with Crippen molar-refractivity contribution in [2.45, 2.75) is 27.3 Å². The molecule has 0 N–H and O–H groups in total. The number of imidazole rings is 2. The van der Waals surface area contributed by atoms with Crippen LogP contribution in [0.15, 0.2) is 46.5 Å². The monoisotopic (exact) mass is 363 g/mol. The van der Waals surface area contributed by atoms with Gasteiger partial charge in [0.25, 0.3) is 5.56 Å². The number of benzene rings is 1. The SMILES string of the molecule is C=CCn1c(=O)c2c(nc3n(-c4ccccc4C)c(C)c(C)n23)n(C)c1=O. The van der Waals surface area contributed by atoms with E-state index >= 15 is 0 Å². The second-order valence-electron chi connectivity index (χ2n) is 6.76. The van der Waals surface area contributed by atoms with Crippen molar-refractivity contribution < 1.29 is 0 Å². The van der Waals surface area contributed by atoms with E-state index in [2.05, 4.69) is 11.6 Å². The van der Waals surface area contributed by atoms with Crippen molar-refractivity contribution in [3.05, 3.63) is 74.7 Å². The lowest BCUT2D eigenvalue weighted by Gasteiger charge is -2.09. The van der Waals surface area contributed by atoms with Crippen LogP contribution < -0.4 is 11.2 Å². The van der Waals surface area contributed by atoms with Crippen LogP contribution in [0.2, 0.25) is 0 Å². The van der Waals surface area contributed by atoms with Gasteiger partial charge in [-0.25, -0.2) is 4.79 Å². The van der Waals surface area contributed by atoms with Crippen molar-refractivity contribution in [3.63, 3.8) is 0 Å². The zero-order valence-corrected chi connectivity index (χ0v) is 15.9. The van der Waals surface area contributed by atoms with Crippen molar-refractivity contribution in [2.75, 3.05) is 0 Å². The van der Waals surface area contributed by atoms with Crippen molar-refractivity contribution >= 4 is 16.9 Å². The van der Waals surface area contributed by atoms with Gasteiger partial charge in [-0.15, -0.1) is 6.58 Å². The molecule has 3 heterocycles. The molecule has 1 aromatic carbocycles. The Morgan fingerprint density at radius 1 is 1.11 bits per heavy atom. The molecule has 0 spiro atoms. The first-order chi connectivity index (χ1) is 12.9. The van der Waals surface area contributed by atoms with Gasteiger partial charge in [-0.2, -0.15) is 4.98 Å². The first kappa shape index (κ1) is 17.1. The fourth-order valence-electron chi connectivity index (χ4n) is 3.64. The predicted molar refractivity (Wildman–Crippen MR) is 106 cm³/mol. The van der Waals surface area contributed by atoms with Gasteiger partial charge in [-0.1, -0.05) is 24.3 Å². The number of para-hydroxylation sites is 1. The van der Waals surface area contributed by atoms with E-state index in [0.29, 0.717) is 16.9 Å². The van der Waals surface area contributed by atoms with Crippen LogP contribution >= 0.6 is 0 Å². The summed E-state index contributed by atoms with van der Waals surface area (Å²) >= 11 is 0. The van der Waals surface area contributed by atoms with Crippen molar-refractivity contribution in [1.29, 1.82) is 0 Å². The number of nitrogens with zero attached hydrogens (tertiary/aromatic N) is 5. The molecular weight excluding hydrogens is 342 g/mol. The molecule has 138 valence electrons. The van der Waals surface area contributed by atoms with E-state index in [1.807, 2.05) is 54.0 Å². The maximum Gasteiger partial charge on any atom is 0.332 e. The highest BCUT2D eigenvalue weighted by molar-refractivity contribution is 5.77. The zero-order valence-electron chi connectivity index (χ0n) is 15.9. The molecule has 27 heavy (non-hydrogen) atoms. The van der Waals surface area contributed by atoms with Crippen molar-refractivity contribution in [1.82, 2.24) is 23.1 Å². The van der Waals surface area contributed by atoms with Crippen LogP contribution in [0.25, 0.3) is 22.6 Å². The van der Waals surface area contributed by atoms with Gasteiger partial charge in [-0.3, -0.25) is 22.9 Å².